The van der Waals surface area contributed by atoms with Crippen LogP contribution in [0.1, 0.15) is 98.3 Å². The largest absolute Gasteiger partial charge is 0.477 e. The van der Waals surface area contributed by atoms with Gasteiger partial charge in [0, 0.05) is 6.42 Å². The molecular formula is C23H46NO3+. The van der Waals surface area contributed by atoms with Crippen LogP contribution >= 0.6 is 0 Å². The summed E-state index contributed by atoms with van der Waals surface area (Å²) in [6.07, 6.45) is 14.6. The Kier molecular flexibility index (Phi) is 15.6. The van der Waals surface area contributed by atoms with Gasteiger partial charge in [-0.3, -0.25) is 0 Å². The fourth-order valence-corrected chi connectivity index (χ4v) is 4.02. The number of unbranched alkanes of at least 4 members (excludes halogenated alkanes) is 5. The number of aliphatic hydroxyl groups excluding tert-OH is 1. The minimum atomic E-state index is -0.696. The van der Waals surface area contributed by atoms with Crippen LogP contribution in [0.2, 0.25) is 0 Å². The van der Waals surface area contributed by atoms with Crippen molar-refractivity contribution in [2.45, 2.75) is 110 Å². The van der Waals surface area contributed by atoms with Crippen molar-refractivity contribution < 1.29 is 19.5 Å². The average molecular weight is 385 g/mol. The summed E-state index contributed by atoms with van der Waals surface area (Å²) in [4.78, 5) is 12.2. The number of carbonyl (C=O) groups is 1. The van der Waals surface area contributed by atoms with Crippen molar-refractivity contribution in [1.82, 2.24) is 0 Å². The zero-order valence-electron chi connectivity index (χ0n) is 18.5. The van der Waals surface area contributed by atoms with E-state index in [0.717, 1.165) is 70.9 Å². The molecule has 2 atom stereocenters. The normalized spacial score (nSPS) is 14.6. The zero-order valence-corrected chi connectivity index (χ0v) is 18.5. The molecule has 0 rings (SSSR count). The smallest absolute Gasteiger partial charge is 0.362 e. The lowest BCUT2D eigenvalue weighted by molar-refractivity contribution is -0.946. The molecule has 0 aromatic heterocycles. The monoisotopic (exact) mass is 384 g/mol. The molecule has 160 valence electrons. The van der Waals surface area contributed by atoms with Crippen molar-refractivity contribution in [3.63, 3.8) is 0 Å². The summed E-state index contributed by atoms with van der Waals surface area (Å²) in [5.41, 5.74) is 0. The summed E-state index contributed by atoms with van der Waals surface area (Å²) in [6.45, 7) is 10.9. The van der Waals surface area contributed by atoms with Crippen LogP contribution in [0.15, 0.2) is 12.2 Å². The molecule has 0 aliphatic heterocycles. The van der Waals surface area contributed by atoms with E-state index in [2.05, 4.69) is 39.8 Å². The zero-order chi connectivity index (χ0) is 20.5. The van der Waals surface area contributed by atoms with Crippen molar-refractivity contribution in [3.8, 4) is 0 Å². The lowest BCUT2D eigenvalue weighted by Gasteiger charge is -2.44. The molecule has 0 aliphatic rings. The Morgan fingerprint density at radius 2 is 1.48 bits per heavy atom. The average Bonchev–Trinajstić information content (AvgIpc) is 2.63. The van der Waals surface area contributed by atoms with E-state index in [1.54, 1.807) is 0 Å². The van der Waals surface area contributed by atoms with E-state index in [1.807, 2.05) is 0 Å². The van der Waals surface area contributed by atoms with Crippen LogP contribution in [0.5, 0.6) is 0 Å². The molecule has 0 aromatic carbocycles. The number of hydrogen-bond acceptors (Lipinski definition) is 2. The Balaban J connectivity index is 5.45. The fraction of sp³-hybridized carbons (Fsp3) is 0.870. The summed E-state index contributed by atoms with van der Waals surface area (Å²) < 4.78 is 0.548. The maximum Gasteiger partial charge on any atom is 0.362 e. The first-order chi connectivity index (χ1) is 13.0. The van der Waals surface area contributed by atoms with E-state index in [-0.39, 0.29) is 0 Å². The number of carboxylic acid groups (broad SMARTS) is 1. The molecule has 0 spiro atoms. The van der Waals surface area contributed by atoms with Gasteiger partial charge in [-0.15, -0.1) is 0 Å². The summed E-state index contributed by atoms with van der Waals surface area (Å²) in [5.74, 6) is -0.696. The van der Waals surface area contributed by atoms with Crippen LogP contribution in [0.4, 0.5) is 0 Å². The van der Waals surface area contributed by atoms with E-state index in [9.17, 15) is 15.0 Å². The second-order valence-electron chi connectivity index (χ2n) is 8.05. The molecule has 27 heavy (non-hydrogen) atoms. The van der Waals surface area contributed by atoms with Crippen LogP contribution in [0.25, 0.3) is 0 Å². The van der Waals surface area contributed by atoms with Crippen LogP contribution in [-0.2, 0) is 4.79 Å². The maximum absolute atomic E-state index is 12.2. The first-order valence-electron chi connectivity index (χ1n) is 11.4. The summed E-state index contributed by atoms with van der Waals surface area (Å²) in [5, 5.41) is 20.7. The number of quaternary nitrogens is 1. The summed E-state index contributed by atoms with van der Waals surface area (Å²) >= 11 is 0. The Hall–Kier alpha value is -0.870. The molecule has 0 saturated heterocycles. The van der Waals surface area contributed by atoms with Crippen molar-refractivity contribution in [3.05, 3.63) is 12.2 Å². The van der Waals surface area contributed by atoms with Gasteiger partial charge in [-0.2, -0.15) is 0 Å². The highest BCUT2D eigenvalue weighted by Crippen LogP contribution is 2.24. The van der Waals surface area contributed by atoms with Crippen LogP contribution < -0.4 is 0 Å². The lowest BCUT2D eigenvalue weighted by Crippen LogP contribution is -2.62. The minimum absolute atomic E-state index is 0.405. The van der Waals surface area contributed by atoms with Crippen LogP contribution in [0, 0.1) is 0 Å². The topological polar surface area (TPSA) is 57.5 Å². The second kappa shape index (κ2) is 16.1. The van der Waals surface area contributed by atoms with Gasteiger partial charge in [-0.05, 0) is 44.9 Å². The van der Waals surface area contributed by atoms with E-state index >= 15 is 0 Å². The van der Waals surface area contributed by atoms with Gasteiger partial charge >= 0.3 is 5.97 Å². The molecule has 2 N–H and O–H groups in total. The van der Waals surface area contributed by atoms with Gasteiger partial charge < -0.3 is 14.7 Å². The predicted octanol–water partition coefficient (Wildman–Crippen LogP) is 5.54. The number of rotatable bonds is 18. The van der Waals surface area contributed by atoms with Crippen molar-refractivity contribution >= 4 is 5.97 Å². The number of nitrogens with zero attached hydrogens (tertiary/aromatic N) is 1. The van der Waals surface area contributed by atoms with Crippen molar-refractivity contribution in [2.75, 3.05) is 19.6 Å². The van der Waals surface area contributed by atoms with Crippen molar-refractivity contribution in [1.29, 1.82) is 0 Å². The van der Waals surface area contributed by atoms with E-state index < -0.39 is 18.1 Å². The first-order valence-corrected chi connectivity index (χ1v) is 11.4. The molecule has 0 aromatic rings. The molecule has 4 nitrogen and oxygen atoms in total. The van der Waals surface area contributed by atoms with Crippen LogP contribution in [-0.4, -0.2) is 52.4 Å². The Bertz CT molecular complexity index is 385. The van der Waals surface area contributed by atoms with E-state index in [1.165, 1.54) is 0 Å². The standard InChI is InChI=1S/C23H45NO3/c1-5-9-12-13-17-21(25)20-24(18-14-10-6-2,19-15-11-7-3)22(16-8-4)23(26)27/h12-13,21-22,25H,5-11,14-20H2,1-4H3/p+1/b13-12+. The second-order valence-corrected chi connectivity index (χ2v) is 8.05. The van der Waals surface area contributed by atoms with Gasteiger partial charge in [0.15, 0.2) is 6.04 Å². The quantitative estimate of drug-likeness (QED) is 0.185. The Morgan fingerprint density at radius 1 is 0.889 bits per heavy atom. The van der Waals surface area contributed by atoms with Crippen molar-refractivity contribution in [2.24, 2.45) is 0 Å². The van der Waals surface area contributed by atoms with E-state index in [0.29, 0.717) is 23.9 Å². The highest BCUT2D eigenvalue weighted by atomic mass is 16.4. The SMILES string of the molecule is CCC/C=C/CC(O)C[N+](CCCCC)(CCCCC)C(CCC)C(=O)O. The number of aliphatic hydroxyl groups is 1. The molecule has 2 unspecified atom stereocenters. The molecule has 0 radical (unpaired) electrons. The fourth-order valence-electron chi connectivity index (χ4n) is 4.02. The lowest BCUT2D eigenvalue weighted by atomic mass is 10.0. The molecule has 0 aliphatic carbocycles. The Labute approximate surface area is 168 Å². The third kappa shape index (κ3) is 10.9. The van der Waals surface area contributed by atoms with E-state index in [4.69, 9.17) is 0 Å². The number of carboxylic acids is 1. The molecular weight excluding hydrogens is 338 g/mol. The predicted molar refractivity (Wildman–Crippen MR) is 115 cm³/mol. The van der Waals surface area contributed by atoms with Gasteiger partial charge in [0.1, 0.15) is 12.6 Å². The molecule has 0 amide bonds. The maximum atomic E-state index is 12.2. The molecule has 0 bridgehead atoms. The molecule has 0 fully saturated rings. The number of aliphatic carboxylic acids is 1. The van der Waals surface area contributed by atoms with Crippen LogP contribution in [0.3, 0.4) is 0 Å². The Morgan fingerprint density at radius 3 is 1.93 bits per heavy atom. The number of allylic oxidation sites excluding steroid dienone is 1. The van der Waals surface area contributed by atoms with Gasteiger partial charge in [0.25, 0.3) is 0 Å². The molecule has 4 heteroatoms. The summed E-state index contributed by atoms with van der Waals surface area (Å²) in [7, 11) is 0. The third-order valence-electron chi connectivity index (χ3n) is 5.53. The van der Waals surface area contributed by atoms with Gasteiger partial charge in [-0.25, -0.2) is 4.79 Å². The molecule has 0 saturated carbocycles. The highest BCUT2D eigenvalue weighted by Gasteiger charge is 2.41. The summed E-state index contributed by atoms with van der Waals surface area (Å²) in [6, 6.07) is -0.405. The first kappa shape index (κ1) is 26.1. The number of hydrogen-bond donors (Lipinski definition) is 2. The molecule has 0 heterocycles. The van der Waals surface area contributed by atoms with Gasteiger partial charge in [0.05, 0.1) is 13.1 Å². The third-order valence-corrected chi connectivity index (χ3v) is 5.53. The highest BCUT2D eigenvalue weighted by molar-refractivity contribution is 5.72. The van der Waals surface area contributed by atoms with Gasteiger partial charge in [0.2, 0.25) is 0 Å². The minimum Gasteiger partial charge on any atom is -0.477 e. The van der Waals surface area contributed by atoms with Gasteiger partial charge in [-0.1, -0.05) is 59.1 Å².